The van der Waals surface area contributed by atoms with Crippen molar-refractivity contribution in [1.82, 2.24) is 5.32 Å². The van der Waals surface area contributed by atoms with Gasteiger partial charge in [-0.1, -0.05) is 0 Å². The molecule has 0 saturated carbocycles. The summed E-state index contributed by atoms with van der Waals surface area (Å²) in [7, 11) is 0. The fourth-order valence-electron chi connectivity index (χ4n) is 2.02. The molecule has 0 aromatic carbocycles. The van der Waals surface area contributed by atoms with Gasteiger partial charge in [0, 0.05) is 19.0 Å². The highest BCUT2D eigenvalue weighted by Crippen LogP contribution is 2.30. The summed E-state index contributed by atoms with van der Waals surface area (Å²) in [6.07, 6.45) is 1.65. The zero-order valence-electron chi connectivity index (χ0n) is 8.12. The van der Waals surface area contributed by atoms with Crippen molar-refractivity contribution in [1.29, 1.82) is 0 Å². The number of furan rings is 1. The third-order valence-electron chi connectivity index (χ3n) is 2.82. The molecule has 0 aliphatic carbocycles. The number of carbonyl (C=O) groups excluding carboxylic acids is 1. The monoisotopic (exact) mass is 194 g/mol. The minimum atomic E-state index is -0.254. The molecule has 3 N–H and O–H groups in total. The summed E-state index contributed by atoms with van der Waals surface area (Å²) in [6, 6.07) is 1.91. The third kappa shape index (κ3) is 1.42. The second kappa shape index (κ2) is 3.46. The summed E-state index contributed by atoms with van der Waals surface area (Å²) in [5, 5.41) is 3.16. The molecular formula is C10H14N2O2. The molecule has 1 saturated heterocycles. The fraction of sp³-hybridized carbons (Fsp3) is 0.500. The van der Waals surface area contributed by atoms with Crippen LogP contribution in [-0.2, 0) is 4.79 Å². The maximum Gasteiger partial charge on any atom is 0.222 e. The lowest BCUT2D eigenvalue weighted by atomic mass is 9.91. The number of nitrogens with two attached hydrogens (primary N) is 1. The van der Waals surface area contributed by atoms with E-state index in [1.165, 1.54) is 0 Å². The molecule has 1 aromatic heterocycles. The lowest BCUT2D eigenvalue weighted by Crippen LogP contribution is -2.28. The van der Waals surface area contributed by atoms with Gasteiger partial charge in [0.2, 0.25) is 5.91 Å². The van der Waals surface area contributed by atoms with Gasteiger partial charge in [-0.2, -0.15) is 0 Å². The van der Waals surface area contributed by atoms with Gasteiger partial charge in [0.05, 0.1) is 12.2 Å². The van der Waals surface area contributed by atoms with Crippen LogP contribution < -0.4 is 11.1 Å². The number of primary amides is 1. The Morgan fingerprint density at radius 1 is 1.64 bits per heavy atom. The normalized spacial score (nSPS) is 26.6. The van der Waals surface area contributed by atoms with Crippen LogP contribution in [0.15, 0.2) is 16.7 Å². The van der Waals surface area contributed by atoms with Crippen LogP contribution in [0.4, 0.5) is 0 Å². The Labute approximate surface area is 82.5 Å². The van der Waals surface area contributed by atoms with Crippen molar-refractivity contribution in [2.75, 3.05) is 13.1 Å². The van der Waals surface area contributed by atoms with Gasteiger partial charge in [0.15, 0.2) is 0 Å². The van der Waals surface area contributed by atoms with Crippen molar-refractivity contribution >= 4 is 5.91 Å². The van der Waals surface area contributed by atoms with Crippen LogP contribution in [0.1, 0.15) is 17.2 Å². The first-order chi connectivity index (χ1) is 6.70. The smallest absolute Gasteiger partial charge is 0.222 e. The quantitative estimate of drug-likeness (QED) is 0.715. The summed E-state index contributed by atoms with van der Waals surface area (Å²) in [4.78, 5) is 11.2. The molecule has 76 valence electrons. The van der Waals surface area contributed by atoms with Crippen molar-refractivity contribution in [3.05, 3.63) is 23.7 Å². The SMILES string of the molecule is Cc1ccoc1C1CNCC1C(N)=O. The Kier molecular flexibility index (Phi) is 2.29. The van der Waals surface area contributed by atoms with E-state index in [1.54, 1.807) is 6.26 Å². The molecular weight excluding hydrogens is 180 g/mol. The number of rotatable bonds is 2. The first-order valence-corrected chi connectivity index (χ1v) is 4.74. The zero-order chi connectivity index (χ0) is 10.1. The van der Waals surface area contributed by atoms with E-state index < -0.39 is 0 Å². The molecule has 1 aliphatic heterocycles. The average Bonchev–Trinajstić information content (AvgIpc) is 2.70. The molecule has 2 heterocycles. The summed E-state index contributed by atoms with van der Waals surface area (Å²) < 4.78 is 5.38. The molecule has 0 bridgehead atoms. The van der Waals surface area contributed by atoms with Crippen molar-refractivity contribution < 1.29 is 9.21 Å². The van der Waals surface area contributed by atoms with Crippen LogP contribution in [0.25, 0.3) is 0 Å². The number of hydrogen-bond donors (Lipinski definition) is 2. The van der Waals surface area contributed by atoms with Gasteiger partial charge in [-0.05, 0) is 18.6 Å². The van der Waals surface area contributed by atoms with E-state index >= 15 is 0 Å². The van der Waals surface area contributed by atoms with Crippen LogP contribution in [0.3, 0.4) is 0 Å². The predicted octanol–water partition coefficient (Wildman–Crippen LogP) is 0.376. The molecule has 4 heteroatoms. The summed E-state index contributed by atoms with van der Waals surface area (Å²) >= 11 is 0. The molecule has 2 atom stereocenters. The molecule has 1 aliphatic rings. The average molecular weight is 194 g/mol. The van der Waals surface area contributed by atoms with E-state index in [2.05, 4.69) is 5.32 Å². The molecule has 0 spiro atoms. The maximum atomic E-state index is 11.2. The fourth-order valence-corrected chi connectivity index (χ4v) is 2.02. The standard InChI is InChI=1S/C10H14N2O2/c1-6-2-3-14-9(6)7-4-12-5-8(7)10(11)13/h2-3,7-8,12H,4-5H2,1H3,(H2,11,13). The molecule has 4 nitrogen and oxygen atoms in total. The number of carbonyl (C=O) groups is 1. The minimum absolute atomic E-state index is 0.0995. The summed E-state index contributed by atoms with van der Waals surface area (Å²) in [6.45, 7) is 3.40. The van der Waals surface area contributed by atoms with E-state index in [1.807, 2.05) is 13.0 Å². The Morgan fingerprint density at radius 3 is 3.00 bits per heavy atom. The highest BCUT2D eigenvalue weighted by atomic mass is 16.3. The van der Waals surface area contributed by atoms with E-state index in [4.69, 9.17) is 10.2 Å². The first-order valence-electron chi connectivity index (χ1n) is 4.74. The highest BCUT2D eigenvalue weighted by Gasteiger charge is 2.35. The summed E-state index contributed by atoms with van der Waals surface area (Å²) in [5.41, 5.74) is 6.41. The van der Waals surface area contributed by atoms with E-state index in [9.17, 15) is 4.79 Å². The molecule has 1 amide bonds. The van der Waals surface area contributed by atoms with Crippen molar-refractivity contribution in [3.63, 3.8) is 0 Å². The van der Waals surface area contributed by atoms with E-state index in [0.29, 0.717) is 6.54 Å². The van der Waals surface area contributed by atoms with E-state index in [-0.39, 0.29) is 17.7 Å². The molecule has 2 rings (SSSR count). The Balaban J connectivity index is 2.26. The van der Waals surface area contributed by atoms with Gasteiger partial charge >= 0.3 is 0 Å². The summed E-state index contributed by atoms with van der Waals surface area (Å²) in [5.74, 6) is 0.594. The minimum Gasteiger partial charge on any atom is -0.469 e. The number of aryl methyl sites for hydroxylation is 1. The molecule has 2 unspecified atom stereocenters. The second-order valence-electron chi connectivity index (χ2n) is 3.74. The van der Waals surface area contributed by atoms with Crippen molar-refractivity contribution in [2.45, 2.75) is 12.8 Å². The highest BCUT2D eigenvalue weighted by molar-refractivity contribution is 5.78. The van der Waals surface area contributed by atoms with Gasteiger partial charge in [-0.25, -0.2) is 0 Å². The second-order valence-corrected chi connectivity index (χ2v) is 3.74. The van der Waals surface area contributed by atoms with Crippen LogP contribution >= 0.6 is 0 Å². The number of nitrogens with one attached hydrogen (secondary N) is 1. The zero-order valence-corrected chi connectivity index (χ0v) is 8.12. The van der Waals surface area contributed by atoms with Gasteiger partial charge in [0.1, 0.15) is 5.76 Å². The van der Waals surface area contributed by atoms with Gasteiger partial charge in [-0.15, -0.1) is 0 Å². The van der Waals surface area contributed by atoms with Gasteiger partial charge in [-0.3, -0.25) is 4.79 Å². The van der Waals surface area contributed by atoms with Gasteiger partial charge in [0.25, 0.3) is 0 Å². The molecule has 0 radical (unpaired) electrons. The predicted molar refractivity (Wildman–Crippen MR) is 51.7 cm³/mol. The lowest BCUT2D eigenvalue weighted by Gasteiger charge is -2.13. The first kappa shape index (κ1) is 9.27. The van der Waals surface area contributed by atoms with Gasteiger partial charge < -0.3 is 15.5 Å². The van der Waals surface area contributed by atoms with Crippen LogP contribution in [0.2, 0.25) is 0 Å². The molecule has 1 fully saturated rings. The maximum absolute atomic E-state index is 11.2. The van der Waals surface area contributed by atoms with E-state index in [0.717, 1.165) is 17.9 Å². The number of amides is 1. The Morgan fingerprint density at radius 2 is 2.43 bits per heavy atom. The lowest BCUT2D eigenvalue weighted by molar-refractivity contribution is -0.121. The molecule has 14 heavy (non-hydrogen) atoms. The van der Waals surface area contributed by atoms with Crippen LogP contribution in [0, 0.1) is 12.8 Å². The van der Waals surface area contributed by atoms with Crippen LogP contribution in [0.5, 0.6) is 0 Å². The largest absolute Gasteiger partial charge is 0.469 e. The van der Waals surface area contributed by atoms with Crippen LogP contribution in [-0.4, -0.2) is 19.0 Å². The Bertz CT molecular complexity index is 346. The Hall–Kier alpha value is -1.29. The third-order valence-corrected chi connectivity index (χ3v) is 2.82. The molecule has 1 aromatic rings. The number of hydrogen-bond acceptors (Lipinski definition) is 3. The van der Waals surface area contributed by atoms with Crippen molar-refractivity contribution in [2.24, 2.45) is 11.7 Å². The topological polar surface area (TPSA) is 68.3 Å². The van der Waals surface area contributed by atoms with Crippen molar-refractivity contribution in [3.8, 4) is 0 Å².